The van der Waals surface area contributed by atoms with Gasteiger partial charge in [-0.05, 0) is 43.4 Å². The summed E-state index contributed by atoms with van der Waals surface area (Å²) < 4.78 is 0. The molecule has 27 heavy (non-hydrogen) atoms. The standard InChI is InChI=1S/C23H30N2O2/c1-5-19-10-12-20(13-11-19)14-15-22(26)25(18(3)23(27)24-4)16-21-8-6-17(2)7-9-21/h6-13,18H,5,14-16H2,1-4H3,(H,24,27)/t18-/m0/s1. The maximum absolute atomic E-state index is 12.9. The first-order valence-electron chi connectivity index (χ1n) is 9.59. The molecule has 0 aromatic heterocycles. The van der Waals surface area contributed by atoms with E-state index in [2.05, 4.69) is 36.5 Å². The van der Waals surface area contributed by atoms with Crippen LogP contribution in [0.15, 0.2) is 48.5 Å². The number of rotatable bonds is 8. The molecule has 1 N–H and O–H groups in total. The summed E-state index contributed by atoms with van der Waals surface area (Å²) in [5.74, 6) is -0.158. The summed E-state index contributed by atoms with van der Waals surface area (Å²) in [7, 11) is 1.60. The van der Waals surface area contributed by atoms with Gasteiger partial charge in [0, 0.05) is 20.0 Å². The van der Waals surface area contributed by atoms with Crippen molar-refractivity contribution in [3.8, 4) is 0 Å². The van der Waals surface area contributed by atoms with Crippen LogP contribution < -0.4 is 5.32 Å². The highest BCUT2D eigenvalue weighted by Crippen LogP contribution is 2.14. The second-order valence-corrected chi connectivity index (χ2v) is 6.97. The monoisotopic (exact) mass is 366 g/mol. The van der Waals surface area contributed by atoms with Crippen LogP contribution in [0, 0.1) is 6.92 Å². The molecule has 1 atom stereocenters. The summed E-state index contributed by atoms with van der Waals surface area (Å²) in [6.45, 7) is 6.37. The van der Waals surface area contributed by atoms with Gasteiger partial charge in [-0.25, -0.2) is 0 Å². The van der Waals surface area contributed by atoms with E-state index in [9.17, 15) is 9.59 Å². The van der Waals surface area contributed by atoms with Crippen molar-refractivity contribution >= 4 is 11.8 Å². The van der Waals surface area contributed by atoms with E-state index in [-0.39, 0.29) is 11.8 Å². The minimum atomic E-state index is -0.508. The summed E-state index contributed by atoms with van der Waals surface area (Å²) in [5.41, 5.74) is 4.63. The maximum Gasteiger partial charge on any atom is 0.242 e. The number of benzene rings is 2. The summed E-state index contributed by atoms with van der Waals surface area (Å²) >= 11 is 0. The molecule has 0 spiro atoms. The molecule has 0 aliphatic carbocycles. The Morgan fingerprint density at radius 2 is 1.52 bits per heavy atom. The van der Waals surface area contributed by atoms with E-state index < -0.39 is 6.04 Å². The van der Waals surface area contributed by atoms with Gasteiger partial charge in [-0.2, -0.15) is 0 Å². The van der Waals surface area contributed by atoms with Gasteiger partial charge in [-0.1, -0.05) is 61.0 Å². The molecule has 0 saturated carbocycles. The Hall–Kier alpha value is -2.62. The first-order valence-corrected chi connectivity index (χ1v) is 9.59. The summed E-state index contributed by atoms with van der Waals surface area (Å²) in [4.78, 5) is 26.7. The van der Waals surface area contributed by atoms with E-state index in [1.165, 1.54) is 11.1 Å². The van der Waals surface area contributed by atoms with Gasteiger partial charge in [0.15, 0.2) is 0 Å². The lowest BCUT2D eigenvalue weighted by atomic mass is 10.0. The van der Waals surface area contributed by atoms with Crippen LogP contribution in [0.5, 0.6) is 0 Å². The third kappa shape index (κ3) is 5.95. The fraction of sp³-hybridized carbons (Fsp3) is 0.391. The maximum atomic E-state index is 12.9. The van der Waals surface area contributed by atoms with Gasteiger partial charge in [-0.3, -0.25) is 9.59 Å². The predicted molar refractivity (Wildman–Crippen MR) is 109 cm³/mol. The predicted octanol–water partition coefficient (Wildman–Crippen LogP) is 3.65. The van der Waals surface area contributed by atoms with Gasteiger partial charge in [0.05, 0.1) is 0 Å². The zero-order valence-electron chi connectivity index (χ0n) is 16.8. The average molecular weight is 367 g/mol. The quantitative estimate of drug-likeness (QED) is 0.775. The van der Waals surface area contributed by atoms with E-state index in [4.69, 9.17) is 0 Å². The SMILES string of the molecule is CCc1ccc(CCC(=O)N(Cc2ccc(C)cc2)[C@@H](C)C(=O)NC)cc1. The number of nitrogens with one attached hydrogen (secondary N) is 1. The Balaban J connectivity index is 2.09. The third-order valence-electron chi connectivity index (χ3n) is 4.95. The fourth-order valence-corrected chi connectivity index (χ4v) is 3.02. The first kappa shape index (κ1) is 20.7. The molecule has 2 amide bonds. The Labute approximate surface area is 162 Å². The fourth-order valence-electron chi connectivity index (χ4n) is 3.02. The van der Waals surface area contributed by atoms with Crippen LogP contribution in [-0.2, 0) is 29.0 Å². The van der Waals surface area contributed by atoms with Crippen molar-refractivity contribution in [1.82, 2.24) is 10.2 Å². The van der Waals surface area contributed by atoms with E-state index in [1.54, 1.807) is 18.9 Å². The van der Waals surface area contributed by atoms with Gasteiger partial charge in [-0.15, -0.1) is 0 Å². The number of hydrogen-bond donors (Lipinski definition) is 1. The first-order chi connectivity index (χ1) is 12.9. The highest BCUT2D eigenvalue weighted by molar-refractivity contribution is 5.87. The van der Waals surface area contributed by atoms with Gasteiger partial charge < -0.3 is 10.2 Å². The average Bonchev–Trinajstić information content (AvgIpc) is 2.70. The molecule has 0 unspecified atom stereocenters. The van der Waals surface area contributed by atoms with Crippen molar-refractivity contribution in [3.63, 3.8) is 0 Å². The lowest BCUT2D eigenvalue weighted by Crippen LogP contribution is -2.46. The number of carbonyl (C=O) groups is 2. The zero-order valence-corrected chi connectivity index (χ0v) is 16.8. The van der Waals surface area contributed by atoms with Crippen molar-refractivity contribution in [1.29, 1.82) is 0 Å². The molecule has 2 aromatic carbocycles. The smallest absolute Gasteiger partial charge is 0.242 e. The number of hydrogen-bond acceptors (Lipinski definition) is 2. The Kier molecular flexibility index (Phi) is 7.59. The second-order valence-electron chi connectivity index (χ2n) is 6.97. The minimum Gasteiger partial charge on any atom is -0.357 e. The largest absolute Gasteiger partial charge is 0.357 e. The molecule has 0 radical (unpaired) electrons. The molecule has 4 heteroatoms. The summed E-state index contributed by atoms with van der Waals surface area (Å²) in [6.07, 6.45) is 2.07. The van der Waals surface area contributed by atoms with E-state index in [1.807, 2.05) is 31.2 Å². The van der Waals surface area contributed by atoms with Gasteiger partial charge in [0.2, 0.25) is 11.8 Å². The van der Waals surface area contributed by atoms with Crippen molar-refractivity contribution < 1.29 is 9.59 Å². The van der Waals surface area contributed by atoms with Crippen LogP contribution in [0.2, 0.25) is 0 Å². The van der Waals surface area contributed by atoms with Gasteiger partial charge in [0.25, 0.3) is 0 Å². The molecule has 0 heterocycles. The molecule has 2 aromatic rings. The van der Waals surface area contributed by atoms with E-state index >= 15 is 0 Å². The van der Waals surface area contributed by atoms with Crippen molar-refractivity contribution in [2.75, 3.05) is 7.05 Å². The Morgan fingerprint density at radius 1 is 0.963 bits per heavy atom. The Morgan fingerprint density at radius 3 is 2.07 bits per heavy atom. The van der Waals surface area contributed by atoms with Crippen LogP contribution in [0.25, 0.3) is 0 Å². The van der Waals surface area contributed by atoms with Crippen LogP contribution in [0.3, 0.4) is 0 Å². The van der Waals surface area contributed by atoms with Crippen molar-refractivity contribution in [2.45, 2.75) is 52.6 Å². The van der Waals surface area contributed by atoms with Crippen LogP contribution >= 0.6 is 0 Å². The summed E-state index contributed by atoms with van der Waals surface area (Å²) in [6, 6.07) is 15.9. The normalized spacial score (nSPS) is 11.7. The number of nitrogens with zero attached hydrogens (tertiary/aromatic N) is 1. The summed E-state index contributed by atoms with van der Waals surface area (Å²) in [5, 5.41) is 2.65. The van der Waals surface area contributed by atoms with E-state index in [0.717, 1.165) is 17.5 Å². The molecule has 0 aliphatic heterocycles. The number of amides is 2. The number of aryl methyl sites for hydroxylation is 3. The third-order valence-corrected chi connectivity index (χ3v) is 4.95. The van der Waals surface area contributed by atoms with Crippen LogP contribution in [0.4, 0.5) is 0 Å². The zero-order chi connectivity index (χ0) is 19.8. The highest BCUT2D eigenvalue weighted by atomic mass is 16.2. The lowest BCUT2D eigenvalue weighted by Gasteiger charge is -2.28. The molecule has 0 bridgehead atoms. The molecule has 4 nitrogen and oxygen atoms in total. The van der Waals surface area contributed by atoms with Crippen molar-refractivity contribution in [2.24, 2.45) is 0 Å². The highest BCUT2D eigenvalue weighted by Gasteiger charge is 2.25. The molecular formula is C23H30N2O2. The molecule has 0 aliphatic rings. The minimum absolute atomic E-state index is 0.00811. The molecule has 0 saturated heterocycles. The molecule has 0 fully saturated rings. The Bertz CT molecular complexity index is 751. The van der Waals surface area contributed by atoms with Gasteiger partial charge >= 0.3 is 0 Å². The second kappa shape index (κ2) is 9.91. The molecular weight excluding hydrogens is 336 g/mol. The van der Waals surface area contributed by atoms with Gasteiger partial charge in [0.1, 0.15) is 6.04 Å². The number of carbonyl (C=O) groups excluding carboxylic acids is 2. The van der Waals surface area contributed by atoms with E-state index in [0.29, 0.717) is 19.4 Å². The topological polar surface area (TPSA) is 49.4 Å². The molecule has 144 valence electrons. The van der Waals surface area contributed by atoms with Crippen LogP contribution in [0.1, 0.15) is 42.5 Å². The van der Waals surface area contributed by atoms with Crippen LogP contribution in [-0.4, -0.2) is 29.8 Å². The lowest BCUT2D eigenvalue weighted by molar-refractivity contribution is -0.140. The number of likely N-dealkylation sites (N-methyl/N-ethyl adjacent to an activating group) is 1. The van der Waals surface area contributed by atoms with Crippen molar-refractivity contribution in [3.05, 3.63) is 70.8 Å². The molecule has 2 rings (SSSR count).